The number of hydrogen-bond acceptors (Lipinski definition) is 3. The van der Waals surface area contributed by atoms with E-state index in [1.807, 2.05) is 59.8 Å². The summed E-state index contributed by atoms with van der Waals surface area (Å²) in [5.74, 6) is 1.65. The Labute approximate surface area is 162 Å². The zero-order valence-corrected chi connectivity index (χ0v) is 16.5. The second-order valence-corrected chi connectivity index (χ2v) is 7.60. The number of hydrogen-bond donors (Lipinski definition) is 0. The number of carbonyl (C=O) groups is 1. The van der Waals surface area contributed by atoms with Crippen LogP contribution in [0.2, 0.25) is 0 Å². The lowest BCUT2D eigenvalue weighted by atomic mass is 10.0. The number of rotatable bonds is 8. The van der Waals surface area contributed by atoms with E-state index in [0.717, 1.165) is 44.9 Å². The number of ether oxygens (including phenoxy) is 1. The summed E-state index contributed by atoms with van der Waals surface area (Å²) in [4.78, 5) is 17.5. The van der Waals surface area contributed by atoms with Gasteiger partial charge in [0.1, 0.15) is 18.4 Å². The zero-order valence-electron chi connectivity index (χ0n) is 16.5. The first-order valence-corrected chi connectivity index (χ1v) is 9.95. The van der Waals surface area contributed by atoms with Gasteiger partial charge < -0.3 is 14.2 Å². The van der Waals surface area contributed by atoms with E-state index >= 15 is 0 Å². The number of piperazine rings is 1. The van der Waals surface area contributed by atoms with E-state index in [2.05, 4.69) is 23.3 Å². The maximum Gasteiger partial charge on any atom is 0.245 e. The fourth-order valence-corrected chi connectivity index (χ4v) is 3.56. The molecule has 0 radical (unpaired) electrons. The number of aromatic nitrogens is 1. The van der Waals surface area contributed by atoms with Gasteiger partial charge in [0, 0.05) is 45.1 Å². The van der Waals surface area contributed by atoms with E-state index in [0.29, 0.717) is 12.5 Å². The van der Waals surface area contributed by atoms with Gasteiger partial charge in [-0.1, -0.05) is 32.0 Å². The molecular formula is C22H31N3O2. The standard InChI is InChI=1S/C22H31N3O2/c1-19(2)18-21(24-10-6-7-11-24)22(26)25-14-12-23(13-15-25)16-17-27-20-8-4-3-5-9-20/h3-11,19,21H,12-18H2,1-2H3. The smallest absolute Gasteiger partial charge is 0.245 e. The Morgan fingerprint density at radius 2 is 1.67 bits per heavy atom. The molecule has 1 amide bonds. The molecule has 27 heavy (non-hydrogen) atoms. The lowest BCUT2D eigenvalue weighted by Crippen LogP contribution is -2.51. The highest BCUT2D eigenvalue weighted by Crippen LogP contribution is 2.21. The molecule has 5 heteroatoms. The van der Waals surface area contributed by atoms with Gasteiger partial charge in [0.2, 0.25) is 5.91 Å². The third kappa shape index (κ3) is 5.60. The van der Waals surface area contributed by atoms with Crippen LogP contribution in [0, 0.1) is 5.92 Å². The molecule has 1 aromatic carbocycles. The summed E-state index contributed by atoms with van der Waals surface area (Å²) >= 11 is 0. The van der Waals surface area contributed by atoms with Crippen LogP contribution in [0.5, 0.6) is 5.75 Å². The largest absolute Gasteiger partial charge is 0.492 e. The number of amides is 1. The molecule has 1 aromatic heterocycles. The van der Waals surface area contributed by atoms with E-state index in [1.165, 1.54) is 0 Å². The van der Waals surface area contributed by atoms with Gasteiger partial charge in [-0.2, -0.15) is 0 Å². The minimum Gasteiger partial charge on any atom is -0.492 e. The number of para-hydroxylation sites is 1. The summed E-state index contributed by atoms with van der Waals surface area (Å²) in [5.41, 5.74) is 0. The van der Waals surface area contributed by atoms with E-state index < -0.39 is 0 Å². The number of nitrogens with zero attached hydrogens (tertiary/aromatic N) is 3. The normalized spacial score (nSPS) is 16.5. The van der Waals surface area contributed by atoms with Crippen LogP contribution >= 0.6 is 0 Å². The lowest BCUT2D eigenvalue weighted by molar-refractivity contribution is -0.137. The zero-order chi connectivity index (χ0) is 19.1. The van der Waals surface area contributed by atoms with Crippen LogP contribution in [0.3, 0.4) is 0 Å². The molecule has 1 saturated heterocycles. The van der Waals surface area contributed by atoms with Crippen molar-refractivity contribution in [2.75, 3.05) is 39.3 Å². The second-order valence-electron chi connectivity index (χ2n) is 7.60. The van der Waals surface area contributed by atoms with Gasteiger partial charge in [0.25, 0.3) is 0 Å². The molecular weight excluding hydrogens is 338 g/mol. The molecule has 2 aromatic rings. The first kappa shape index (κ1) is 19.5. The summed E-state index contributed by atoms with van der Waals surface area (Å²) in [6, 6.07) is 13.8. The average molecular weight is 370 g/mol. The van der Waals surface area contributed by atoms with Gasteiger partial charge in [-0.15, -0.1) is 0 Å². The van der Waals surface area contributed by atoms with Crippen molar-refractivity contribution in [1.82, 2.24) is 14.4 Å². The highest BCUT2D eigenvalue weighted by atomic mass is 16.5. The van der Waals surface area contributed by atoms with E-state index in [1.54, 1.807) is 0 Å². The van der Waals surface area contributed by atoms with Crippen LogP contribution in [0.15, 0.2) is 54.9 Å². The van der Waals surface area contributed by atoms with Crippen molar-refractivity contribution in [1.29, 1.82) is 0 Å². The second kappa shape index (κ2) is 9.60. The lowest BCUT2D eigenvalue weighted by Gasteiger charge is -2.37. The Morgan fingerprint density at radius 3 is 2.30 bits per heavy atom. The van der Waals surface area contributed by atoms with Gasteiger partial charge in [-0.3, -0.25) is 9.69 Å². The maximum atomic E-state index is 13.1. The molecule has 0 N–H and O–H groups in total. The third-order valence-electron chi connectivity index (χ3n) is 5.07. The van der Waals surface area contributed by atoms with Crippen molar-refractivity contribution in [3.05, 3.63) is 54.9 Å². The first-order chi connectivity index (χ1) is 13.1. The molecule has 2 heterocycles. The van der Waals surface area contributed by atoms with Crippen LogP contribution in [-0.2, 0) is 4.79 Å². The Bertz CT molecular complexity index is 677. The summed E-state index contributed by atoms with van der Waals surface area (Å²) in [5, 5.41) is 0. The highest BCUT2D eigenvalue weighted by Gasteiger charge is 2.28. The van der Waals surface area contributed by atoms with E-state index in [9.17, 15) is 4.79 Å². The molecule has 0 bridgehead atoms. The Morgan fingerprint density at radius 1 is 1.00 bits per heavy atom. The van der Waals surface area contributed by atoms with Crippen molar-refractivity contribution in [3.63, 3.8) is 0 Å². The van der Waals surface area contributed by atoms with Crippen molar-refractivity contribution < 1.29 is 9.53 Å². The Kier molecular flexibility index (Phi) is 6.93. The molecule has 0 spiro atoms. The Hall–Kier alpha value is -2.27. The van der Waals surface area contributed by atoms with Gasteiger partial charge in [-0.05, 0) is 36.6 Å². The average Bonchev–Trinajstić information content (AvgIpc) is 3.21. The van der Waals surface area contributed by atoms with Crippen molar-refractivity contribution >= 4 is 5.91 Å². The molecule has 146 valence electrons. The molecule has 1 fully saturated rings. The van der Waals surface area contributed by atoms with Crippen LogP contribution < -0.4 is 4.74 Å². The monoisotopic (exact) mass is 369 g/mol. The third-order valence-corrected chi connectivity index (χ3v) is 5.07. The van der Waals surface area contributed by atoms with Crippen molar-refractivity contribution in [2.45, 2.75) is 26.3 Å². The van der Waals surface area contributed by atoms with Crippen molar-refractivity contribution in [2.24, 2.45) is 5.92 Å². The minimum absolute atomic E-state index is 0.0898. The van der Waals surface area contributed by atoms with E-state index in [-0.39, 0.29) is 11.9 Å². The molecule has 3 rings (SSSR count). The Balaban J connectivity index is 1.46. The van der Waals surface area contributed by atoms with Gasteiger partial charge >= 0.3 is 0 Å². The van der Waals surface area contributed by atoms with Gasteiger partial charge in [-0.25, -0.2) is 0 Å². The summed E-state index contributed by atoms with van der Waals surface area (Å²) in [6.45, 7) is 9.32. The van der Waals surface area contributed by atoms with Crippen LogP contribution in [0.1, 0.15) is 26.3 Å². The number of carbonyl (C=O) groups excluding carboxylic acids is 1. The summed E-state index contributed by atoms with van der Waals surface area (Å²) < 4.78 is 7.85. The molecule has 1 aliphatic heterocycles. The van der Waals surface area contributed by atoms with Crippen LogP contribution in [-0.4, -0.2) is 59.6 Å². The number of benzene rings is 1. The topological polar surface area (TPSA) is 37.7 Å². The molecule has 1 unspecified atom stereocenters. The van der Waals surface area contributed by atoms with E-state index in [4.69, 9.17) is 4.74 Å². The molecule has 5 nitrogen and oxygen atoms in total. The highest BCUT2D eigenvalue weighted by molar-refractivity contribution is 5.80. The molecule has 0 aliphatic carbocycles. The molecule has 1 atom stereocenters. The summed E-state index contributed by atoms with van der Waals surface area (Å²) in [6.07, 6.45) is 4.88. The molecule has 1 aliphatic rings. The predicted molar refractivity (Wildman–Crippen MR) is 108 cm³/mol. The van der Waals surface area contributed by atoms with Gasteiger partial charge in [0.05, 0.1) is 0 Å². The van der Waals surface area contributed by atoms with Crippen molar-refractivity contribution in [3.8, 4) is 5.75 Å². The first-order valence-electron chi connectivity index (χ1n) is 9.95. The minimum atomic E-state index is -0.0898. The fourth-order valence-electron chi connectivity index (χ4n) is 3.56. The van der Waals surface area contributed by atoms with Gasteiger partial charge in [0.15, 0.2) is 0 Å². The quantitative estimate of drug-likeness (QED) is 0.717. The van der Waals surface area contributed by atoms with Crippen LogP contribution in [0.25, 0.3) is 0 Å². The molecule has 0 saturated carbocycles. The summed E-state index contributed by atoms with van der Waals surface area (Å²) in [7, 11) is 0. The SMILES string of the molecule is CC(C)CC(C(=O)N1CCN(CCOc2ccccc2)CC1)n1cccc1. The maximum absolute atomic E-state index is 13.1. The fraction of sp³-hybridized carbons (Fsp3) is 0.500. The van der Waals surface area contributed by atoms with Crippen LogP contribution in [0.4, 0.5) is 0 Å². The predicted octanol–water partition coefficient (Wildman–Crippen LogP) is 3.30.